The summed E-state index contributed by atoms with van der Waals surface area (Å²) in [5, 5.41) is 22.2. The van der Waals surface area contributed by atoms with Crippen LogP contribution in [0.1, 0.15) is 37.4 Å². The highest BCUT2D eigenvalue weighted by Gasteiger charge is 2.45. The predicted octanol–water partition coefficient (Wildman–Crippen LogP) is 3.84. The summed E-state index contributed by atoms with van der Waals surface area (Å²) in [6.45, 7) is 4.45. The van der Waals surface area contributed by atoms with E-state index in [1.807, 2.05) is 13.8 Å². The molecule has 1 N–H and O–H groups in total. The molecule has 2 aromatic rings. The minimum atomic E-state index is -0.853. The van der Waals surface area contributed by atoms with Crippen molar-refractivity contribution in [3.8, 4) is 5.75 Å². The second kappa shape index (κ2) is 10.3. The van der Waals surface area contributed by atoms with E-state index >= 15 is 0 Å². The molecule has 1 aliphatic rings. The molecule has 1 atom stereocenters. The van der Waals surface area contributed by atoms with Crippen LogP contribution in [0.3, 0.4) is 0 Å². The first kappa shape index (κ1) is 23.9. The number of methoxy groups -OCH3 is 1. The van der Waals surface area contributed by atoms with Gasteiger partial charge in [-0.3, -0.25) is 19.7 Å². The number of aliphatic hydroxyl groups excluding tert-OH is 1. The summed E-state index contributed by atoms with van der Waals surface area (Å²) in [4.78, 5) is 37.9. The van der Waals surface area contributed by atoms with E-state index in [1.54, 1.807) is 24.3 Å². The minimum Gasteiger partial charge on any atom is -0.507 e. The number of ketones is 1. The molecule has 1 heterocycles. The molecule has 33 heavy (non-hydrogen) atoms. The zero-order valence-corrected chi connectivity index (χ0v) is 18.7. The van der Waals surface area contributed by atoms with Gasteiger partial charge in [-0.05, 0) is 38.0 Å². The third kappa shape index (κ3) is 5.20. The van der Waals surface area contributed by atoms with E-state index in [0.29, 0.717) is 24.3 Å². The van der Waals surface area contributed by atoms with Crippen LogP contribution in [0.25, 0.3) is 5.76 Å². The lowest BCUT2D eigenvalue weighted by Gasteiger charge is -2.25. The fourth-order valence-electron chi connectivity index (χ4n) is 3.72. The summed E-state index contributed by atoms with van der Waals surface area (Å²) in [5.41, 5.74) is 0.339. The van der Waals surface area contributed by atoms with E-state index in [-0.39, 0.29) is 29.5 Å². The lowest BCUT2D eigenvalue weighted by atomic mass is 9.95. The van der Waals surface area contributed by atoms with Gasteiger partial charge in [0.15, 0.2) is 0 Å². The van der Waals surface area contributed by atoms with Gasteiger partial charge in [0.25, 0.3) is 17.4 Å². The minimum absolute atomic E-state index is 0.0340. The number of ether oxygens (including phenoxy) is 2. The lowest BCUT2D eigenvalue weighted by Crippen LogP contribution is -2.31. The van der Waals surface area contributed by atoms with Crippen molar-refractivity contribution in [2.75, 3.05) is 20.3 Å². The Hall–Kier alpha value is -3.72. The topological polar surface area (TPSA) is 119 Å². The van der Waals surface area contributed by atoms with Crippen LogP contribution < -0.4 is 4.74 Å². The molecule has 0 aliphatic carbocycles. The third-order valence-corrected chi connectivity index (χ3v) is 5.30. The average Bonchev–Trinajstić information content (AvgIpc) is 3.06. The highest BCUT2D eigenvalue weighted by atomic mass is 16.6. The SMILES string of the molecule is COc1ccc([C@H]2C(=C(O)c3cccc([N+](=O)[O-])c3)C(=O)C(=O)N2CCCOC(C)C)cc1. The number of non-ortho nitro benzene ring substituents is 1. The number of hydrogen-bond acceptors (Lipinski definition) is 7. The van der Waals surface area contributed by atoms with Crippen LogP contribution in [-0.4, -0.2) is 53.0 Å². The number of carbonyl (C=O) groups is 2. The quantitative estimate of drug-likeness (QED) is 0.153. The van der Waals surface area contributed by atoms with Crippen LogP contribution in [0, 0.1) is 10.1 Å². The number of nitrogens with zero attached hydrogens (tertiary/aromatic N) is 2. The zero-order chi connectivity index (χ0) is 24.1. The number of benzene rings is 2. The number of amides is 1. The molecule has 1 saturated heterocycles. The van der Waals surface area contributed by atoms with Gasteiger partial charge >= 0.3 is 0 Å². The molecule has 1 aliphatic heterocycles. The molecule has 1 fully saturated rings. The van der Waals surface area contributed by atoms with Gasteiger partial charge in [-0.1, -0.05) is 24.3 Å². The van der Waals surface area contributed by atoms with Gasteiger partial charge in [0.05, 0.1) is 29.8 Å². The highest BCUT2D eigenvalue weighted by Crippen LogP contribution is 2.40. The smallest absolute Gasteiger partial charge is 0.295 e. The second-order valence-electron chi connectivity index (χ2n) is 7.85. The first-order chi connectivity index (χ1) is 15.7. The van der Waals surface area contributed by atoms with Gasteiger partial charge in [0.2, 0.25) is 0 Å². The van der Waals surface area contributed by atoms with Gasteiger partial charge in [-0.25, -0.2) is 0 Å². The molecule has 0 bridgehead atoms. The number of Topliss-reactive ketones (excluding diaryl/α,β-unsaturated/α-hetero) is 1. The lowest BCUT2D eigenvalue weighted by molar-refractivity contribution is -0.384. The Morgan fingerprint density at radius 3 is 2.48 bits per heavy atom. The standard InChI is InChI=1S/C24H26N2O7/c1-15(2)33-13-5-12-25-21(16-8-10-19(32-3)11-9-16)20(23(28)24(25)29)22(27)17-6-4-7-18(14-17)26(30)31/h4,6-11,14-15,21,27H,5,12-13H2,1-3H3/t21-/m0/s1. The van der Waals surface area contributed by atoms with Crippen molar-refractivity contribution in [1.82, 2.24) is 4.90 Å². The van der Waals surface area contributed by atoms with E-state index in [2.05, 4.69) is 0 Å². The molecule has 0 radical (unpaired) electrons. The molecule has 0 unspecified atom stereocenters. The zero-order valence-electron chi connectivity index (χ0n) is 18.7. The number of nitro benzene ring substituents is 1. The van der Waals surface area contributed by atoms with Gasteiger partial charge in [0.1, 0.15) is 11.5 Å². The normalized spacial score (nSPS) is 17.6. The average molecular weight is 454 g/mol. The Kier molecular flexibility index (Phi) is 7.44. The number of carbonyl (C=O) groups excluding carboxylic acids is 2. The van der Waals surface area contributed by atoms with Crippen molar-refractivity contribution in [2.24, 2.45) is 0 Å². The molecular formula is C24H26N2O7. The van der Waals surface area contributed by atoms with E-state index in [9.17, 15) is 24.8 Å². The summed E-state index contributed by atoms with van der Waals surface area (Å²) < 4.78 is 10.7. The number of rotatable bonds is 9. The Bertz CT molecular complexity index is 1080. The number of likely N-dealkylation sites (tertiary alicyclic amines) is 1. The van der Waals surface area contributed by atoms with Crippen LogP contribution in [0.15, 0.2) is 54.1 Å². The van der Waals surface area contributed by atoms with Crippen LogP contribution in [-0.2, 0) is 14.3 Å². The highest BCUT2D eigenvalue weighted by molar-refractivity contribution is 6.46. The van der Waals surface area contributed by atoms with E-state index in [4.69, 9.17) is 9.47 Å². The van der Waals surface area contributed by atoms with Crippen molar-refractivity contribution >= 4 is 23.1 Å². The number of aliphatic hydroxyl groups is 1. The number of hydrogen-bond donors (Lipinski definition) is 1. The molecular weight excluding hydrogens is 428 g/mol. The fraction of sp³-hybridized carbons (Fsp3) is 0.333. The monoisotopic (exact) mass is 454 g/mol. The maximum Gasteiger partial charge on any atom is 0.295 e. The van der Waals surface area contributed by atoms with Crippen LogP contribution >= 0.6 is 0 Å². The van der Waals surface area contributed by atoms with Crippen molar-refractivity contribution in [1.29, 1.82) is 0 Å². The predicted molar refractivity (Wildman–Crippen MR) is 121 cm³/mol. The van der Waals surface area contributed by atoms with Crippen molar-refractivity contribution in [3.05, 3.63) is 75.3 Å². The molecule has 174 valence electrons. The van der Waals surface area contributed by atoms with Crippen molar-refractivity contribution in [2.45, 2.75) is 32.4 Å². The first-order valence-corrected chi connectivity index (χ1v) is 10.5. The van der Waals surface area contributed by atoms with Gasteiger partial charge in [0, 0.05) is 30.8 Å². The molecule has 9 heteroatoms. The first-order valence-electron chi connectivity index (χ1n) is 10.5. The van der Waals surface area contributed by atoms with E-state index in [0.717, 1.165) is 0 Å². The van der Waals surface area contributed by atoms with E-state index in [1.165, 1.54) is 36.3 Å². The Balaban J connectivity index is 2.06. The maximum atomic E-state index is 13.0. The largest absolute Gasteiger partial charge is 0.507 e. The van der Waals surface area contributed by atoms with Crippen LogP contribution in [0.2, 0.25) is 0 Å². The summed E-state index contributed by atoms with van der Waals surface area (Å²) in [7, 11) is 1.53. The Morgan fingerprint density at radius 1 is 1.18 bits per heavy atom. The molecule has 3 rings (SSSR count). The summed E-state index contributed by atoms with van der Waals surface area (Å²) in [6, 6.07) is 11.3. The van der Waals surface area contributed by atoms with Gasteiger partial charge < -0.3 is 19.5 Å². The molecule has 2 aromatic carbocycles. The third-order valence-electron chi connectivity index (χ3n) is 5.30. The summed E-state index contributed by atoms with van der Waals surface area (Å²) in [5.74, 6) is -1.45. The van der Waals surface area contributed by atoms with Gasteiger partial charge in [-0.15, -0.1) is 0 Å². The molecule has 9 nitrogen and oxygen atoms in total. The maximum absolute atomic E-state index is 13.0. The molecule has 0 spiro atoms. The Morgan fingerprint density at radius 2 is 1.88 bits per heavy atom. The van der Waals surface area contributed by atoms with Gasteiger partial charge in [-0.2, -0.15) is 0 Å². The summed E-state index contributed by atoms with van der Waals surface area (Å²) >= 11 is 0. The van der Waals surface area contributed by atoms with Crippen molar-refractivity contribution < 1.29 is 29.1 Å². The van der Waals surface area contributed by atoms with Crippen molar-refractivity contribution in [3.63, 3.8) is 0 Å². The second-order valence-corrected chi connectivity index (χ2v) is 7.85. The summed E-state index contributed by atoms with van der Waals surface area (Å²) in [6.07, 6.45) is 0.529. The number of nitro groups is 1. The van der Waals surface area contributed by atoms with E-state index < -0.39 is 28.4 Å². The van der Waals surface area contributed by atoms with Crippen LogP contribution in [0.4, 0.5) is 5.69 Å². The van der Waals surface area contributed by atoms with Crippen LogP contribution in [0.5, 0.6) is 5.75 Å². The fourth-order valence-corrected chi connectivity index (χ4v) is 3.72. The molecule has 0 saturated carbocycles. The molecule has 1 amide bonds. The Labute approximate surface area is 191 Å². The molecule has 0 aromatic heterocycles.